The quantitative estimate of drug-likeness (QED) is 0.215. The van der Waals surface area contributed by atoms with Crippen LogP contribution in [-0.2, 0) is 0 Å². The van der Waals surface area contributed by atoms with Gasteiger partial charge < -0.3 is 0 Å². The molecule has 98 valence electrons. The Morgan fingerprint density at radius 3 is 2.37 bits per heavy atom. The first-order valence-electron chi connectivity index (χ1n) is 4.54. The van der Waals surface area contributed by atoms with Gasteiger partial charge in [-0.05, 0) is 0 Å². The minimum absolute atomic E-state index is 0.284. The van der Waals surface area contributed by atoms with Crippen molar-refractivity contribution in [2.24, 2.45) is 11.0 Å². The Labute approximate surface area is 109 Å². The molecule has 0 amide bonds. The van der Waals surface area contributed by atoms with Crippen molar-refractivity contribution in [3.05, 3.63) is 28.5 Å². The summed E-state index contributed by atoms with van der Waals surface area (Å²) in [6.07, 6.45) is 0.545. The third-order valence-corrected chi connectivity index (χ3v) is 2.22. The van der Waals surface area contributed by atoms with E-state index in [1.54, 1.807) is 0 Å². The zero-order chi connectivity index (χ0) is 14.6. The monoisotopic (exact) mass is 290 g/mol. The Balaban J connectivity index is 3.12. The third kappa shape index (κ3) is 3.12. The average molecular weight is 291 g/mol. The second-order valence-corrected chi connectivity index (χ2v) is 3.46. The maximum Gasteiger partial charge on any atom is 0.188 e. The topological polar surface area (TPSA) is 63.2 Å². The van der Waals surface area contributed by atoms with Crippen LogP contribution in [0.4, 0.5) is 23.3 Å². The fourth-order valence-corrected chi connectivity index (χ4v) is 1.12. The number of halogens is 5. The summed E-state index contributed by atoms with van der Waals surface area (Å²) in [5, 5.41) is 17.8. The Kier molecular flexibility index (Phi) is 4.67. The molecule has 0 aromatic heterocycles. The normalized spacial score (nSPS) is 10.5. The summed E-state index contributed by atoms with van der Waals surface area (Å²) < 4.78 is 52.7. The van der Waals surface area contributed by atoms with E-state index in [4.69, 9.17) is 22.1 Å². The van der Waals surface area contributed by atoms with Crippen LogP contribution in [0.3, 0.4) is 0 Å². The van der Waals surface area contributed by atoms with Crippen molar-refractivity contribution in [1.82, 2.24) is 0 Å². The lowest BCUT2D eigenvalue weighted by molar-refractivity contribution is 0.421. The van der Waals surface area contributed by atoms with E-state index < -0.39 is 39.3 Å². The largest absolute Gasteiger partial charge is 0.205 e. The summed E-state index contributed by atoms with van der Waals surface area (Å²) in [6, 6.07) is 3.16. The molecule has 0 heterocycles. The van der Waals surface area contributed by atoms with Crippen LogP contribution < -0.4 is 5.23 Å². The van der Waals surface area contributed by atoms with E-state index in [1.165, 1.54) is 12.1 Å². The Bertz CT molecular complexity index is 591. The molecule has 0 atom stereocenters. The Hall–Kier alpha value is -2.32. The molecule has 0 bridgehead atoms. The highest BCUT2D eigenvalue weighted by molar-refractivity contribution is 6.31. The van der Waals surface area contributed by atoms with E-state index in [9.17, 15) is 17.7 Å². The van der Waals surface area contributed by atoms with Crippen molar-refractivity contribution < 1.29 is 17.7 Å². The number of hydrogen-bond donors (Lipinski definition) is 0. The number of hydrogen-bond acceptors (Lipinski definition) is 4. The molecule has 0 N–H and O–H groups in total. The van der Waals surface area contributed by atoms with Crippen molar-refractivity contribution >= 4 is 23.5 Å². The first kappa shape index (κ1) is 14.7. The Morgan fingerprint density at radius 1 is 1.26 bits per heavy atom. The lowest BCUT2D eigenvalue weighted by atomic mass is 10.2. The van der Waals surface area contributed by atoms with Crippen molar-refractivity contribution in [1.29, 1.82) is 10.5 Å². The standard InChI is InChI=1S/C10H3ClF4N4/c11-8-6(12)1-7(9(13)10(8)14)19(15)18-4-5(2-16)3-17/h1,4-5H. The van der Waals surface area contributed by atoms with E-state index in [1.807, 2.05) is 0 Å². The van der Waals surface area contributed by atoms with Gasteiger partial charge in [-0.3, -0.25) is 0 Å². The number of hydrazone groups is 1. The molecule has 1 aromatic rings. The van der Waals surface area contributed by atoms with Gasteiger partial charge in [0.15, 0.2) is 17.6 Å². The molecule has 0 spiro atoms. The second kappa shape index (κ2) is 6.03. The van der Waals surface area contributed by atoms with Crippen molar-refractivity contribution in [3.8, 4) is 12.1 Å². The van der Waals surface area contributed by atoms with Gasteiger partial charge in [-0.15, -0.1) is 0 Å². The van der Waals surface area contributed by atoms with Crippen molar-refractivity contribution in [2.45, 2.75) is 0 Å². The number of rotatable bonds is 3. The summed E-state index contributed by atoms with van der Waals surface area (Å²) in [5.41, 5.74) is -1.18. The number of anilines is 1. The highest BCUT2D eigenvalue weighted by atomic mass is 35.5. The zero-order valence-electron chi connectivity index (χ0n) is 8.91. The predicted molar refractivity (Wildman–Crippen MR) is 58.1 cm³/mol. The second-order valence-electron chi connectivity index (χ2n) is 3.08. The van der Waals surface area contributed by atoms with Crippen molar-refractivity contribution in [2.75, 3.05) is 5.23 Å². The molecule has 0 saturated carbocycles. The molecule has 0 aliphatic rings. The van der Waals surface area contributed by atoms with Gasteiger partial charge in [0, 0.05) is 6.07 Å². The molecule has 0 aliphatic heterocycles. The van der Waals surface area contributed by atoms with Crippen LogP contribution >= 0.6 is 11.6 Å². The van der Waals surface area contributed by atoms with E-state index in [2.05, 4.69) is 5.10 Å². The number of benzene rings is 1. The molecule has 9 heteroatoms. The van der Waals surface area contributed by atoms with Crippen LogP contribution in [0.15, 0.2) is 11.2 Å². The summed E-state index contributed by atoms with van der Waals surface area (Å²) in [7, 11) is 0. The summed E-state index contributed by atoms with van der Waals surface area (Å²) in [5.74, 6) is -6.29. The van der Waals surface area contributed by atoms with Gasteiger partial charge in [-0.25, -0.2) is 13.2 Å². The molecule has 0 aliphatic carbocycles. The lowest BCUT2D eigenvalue weighted by Crippen LogP contribution is -2.09. The fourth-order valence-electron chi connectivity index (χ4n) is 0.978. The third-order valence-electron chi connectivity index (χ3n) is 1.88. The fraction of sp³-hybridized carbons (Fsp3) is 0.100. The first-order valence-corrected chi connectivity index (χ1v) is 4.92. The van der Waals surface area contributed by atoms with Crippen LogP contribution in [0.1, 0.15) is 0 Å². The maximum absolute atomic E-state index is 13.3. The van der Waals surface area contributed by atoms with E-state index >= 15 is 0 Å². The summed E-state index contributed by atoms with van der Waals surface area (Å²) >= 11 is 5.08. The molecule has 19 heavy (non-hydrogen) atoms. The van der Waals surface area contributed by atoms with Gasteiger partial charge >= 0.3 is 0 Å². The number of nitriles is 2. The first-order chi connectivity index (χ1) is 8.92. The van der Waals surface area contributed by atoms with Crippen molar-refractivity contribution in [3.63, 3.8) is 0 Å². The molecule has 0 saturated heterocycles. The van der Waals surface area contributed by atoms with E-state index in [0.717, 1.165) is 0 Å². The zero-order valence-corrected chi connectivity index (χ0v) is 9.67. The van der Waals surface area contributed by atoms with Gasteiger partial charge in [0.2, 0.25) is 0 Å². The van der Waals surface area contributed by atoms with Gasteiger partial charge in [-0.1, -0.05) is 21.3 Å². The van der Waals surface area contributed by atoms with Crippen LogP contribution in [0.5, 0.6) is 0 Å². The molecule has 0 unspecified atom stereocenters. The molecular weight excluding hydrogens is 288 g/mol. The Morgan fingerprint density at radius 2 is 1.84 bits per heavy atom. The number of nitrogens with zero attached hydrogens (tertiary/aromatic N) is 4. The minimum atomic E-state index is -1.77. The van der Waals surface area contributed by atoms with Gasteiger partial charge in [0.25, 0.3) is 0 Å². The summed E-state index contributed by atoms with van der Waals surface area (Å²) in [4.78, 5) is 0. The molecular formula is C10H3ClF4N4. The van der Waals surface area contributed by atoms with Crippen LogP contribution in [0.25, 0.3) is 0 Å². The lowest BCUT2D eigenvalue weighted by Gasteiger charge is -2.10. The molecule has 0 fully saturated rings. The predicted octanol–water partition coefficient (Wildman–Crippen LogP) is 3.10. The van der Waals surface area contributed by atoms with Crippen LogP contribution in [0, 0.1) is 46.0 Å². The average Bonchev–Trinajstić information content (AvgIpc) is 2.41. The summed E-state index contributed by atoms with van der Waals surface area (Å²) in [6.45, 7) is 0. The molecule has 1 aromatic carbocycles. The van der Waals surface area contributed by atoms with Gasteiger partial charge in [0.05, 0.1) is 18.4 Å². The molecule has 1 rings (SSSR count). The van der Waals surface area contributed by atoms with Crippen LogP contribution in [0.2, 0.25) is 5.02 Å². The maximum atomic E-state index is 13.3. The highest BCUT2D eigenvalue weighted by Crippen LogP contribution is 2.30. The van der Waals surface area contributed by atoms with Gasteiger partial charge in [0.1, 0.15) is 16.5 Å². The van der Waals surface area contributed by atoms with Crippen LogP contribution in [-0.4, -0.2) is 6.21 Å². The van der Waals surface area contributed by atoms with Gasteiger partial charge in [-0.2, -0.15) is 15.6 Å². The minimum Gasteiger partial charge on any atom is -0.205 e. The van der Waals surface area contributed by atoms with E-state index in [0.29, 0.717) is 6.21 Å². The smallest absolute Gasteiger partial charge is 0.188 e. The molecule has 0 radical (unpaired) electrons. The molecule has 4 nitrogen and oxygen atoms in total. The van der Waals surface area contributed by atoms with E-state index in [-0.39, 0.29) is 6.07 Å². The SMILES string of the molecule is N#CC(C#N)C=NN(F)c1cc(F)c(Cl)c(F)c1F. The highest BCUT2D eigenvalue weighted by Gasteiger charge is 2.21.